The highest BCUT2D eigenvalue weighted by molar-refractivity contribution is 8.13. The van der Waals surface area contributed by atoms with Crippen LogP contribution in [-0.2, 0) is 9.05 Å². The van der Waals surface area contributed by atoms with E-state index in [1.165, 1.54) is 29.2 Å². The van der Waals surface area contributed by atoms with E-state index in [0.29, 0.717) is 0 Å². The SMILES string of the molecule is [2H]C([2H])([2H])c1ccc(S(=O)(=O)Cl)cc1-c1cnc2c(N)ncnn12. The topological polar surface area (TPSA) is 103 Å². The number of anilines is 1. The van der Waals surface area contributed by atoms with Crippen molar-refractivity contribution in [3.63, 3.8) is 0 Å². The highest BCUT2D eigenvalue weighted by Gasteiger charge is 2.16. The summed E-state index contributed by atoms with van der Waals surface area (Å²) >= 11 is 0. The second-order valence-corrected chi connectivity index (χ2v) is 6.74. The van der Waals surface area contributed by atoms with Crippen molar-refractivity contribution in [2.45, 2.75) is 11.7 Å². The highest BCUT2D eigenvalue weighted by Crippen LogP contribution is 2.28. The number of nitrogen functional groups attached to an aromatic ring is 1. The van der Waals surface area contributed by atoms with Gasteiger partial charge in [0, 0.05) is 20.4 Å². The Morgan fingerprint density at radius 1 is 1.38 bits per heavy atom. The van der Waals surface area contributed by atoms with Gasteiger partial charge in [-0.05, 0) is 24.5 Å². The van der Waals surface area contributed by atoms with Crippen LogP contribution in [0, 0.1) is 6.85 Å². The molecule has 0 radical (unpaired) electrons. The second kappa shape index (κ2) is 4.68. The molecule has 0 unspecified atom stereocenters. The molecule has 0 spiro atoms. The summed E-state index contributed by atoms with van der Waals surface area (Å²) in [6, 6.07) is 3.51. The van der Waals surface area contributed by atoms with Crippen LogP contribution >= 0.6 is 10.7 Å². The zero-order valence-electron chi connectivity index (χ0n) is 13.4. The number of rotatable bonds is 2. The van der Waals surface area contributed by atoms with Crippen molar-refractivity contribution in [1.82, 2.24) is 19.6 Å². The number of aryl methyl sites for hydroxylation is 1. The molecule has 0 amide bonds. The second-order valence-electron chi connectivity index (χ2n) is 4.17. The van der Waals surface area contributed by atoms with Gasteiger partial charge in [0.1, 0.15) is 6.33 Å². The molecule has 1 aromatic carbocycles. The Bertz CT molecular complexity index is 1050. The minimum Gasteiger partial charge on any atom is -0.381 e. The van der Waals surface area contributed by atoms with E-state index >= 15 is 0 Å². The number of nitrogens with two attached hydrogens (primary N) is 1. The van der Waals surface area contributed by atoms with Crippen molar-refractivity contribution in [1.29, 1.82) is 0 Å². The molecule has 0 saturated heterocycles. The van der Waals surface area contributed by atoms with E-state index in [-0.39, 0.29) is 33.2 Å². The average Bonchev–Trinajstić information content (AvgIpc) is 2.90. The van der Waals surface area contributed by atoms with Gasteiger partial charge in [-0.25, -0.2) is 22.9 Å². The van der Waals surface area contributed by atoms with Crippen LogP contribution in [0.3, 0.4) is 0 Å². The fourth-order valence-corrected chi connectivity index (χ4v) is 2.68. The Hall–Kier alpha value is -2.19. The summed E-state index contributed by atoms with van der Waals surface area (Å²) in [5.41, 5.74) is 6.24. The lowest BCUT2D eigenvalue weighted by Crippen LogP contribution is -2.01. The number of halogens is 1. The lowest BCUT2D eigenvalue weighted by Gasteiger charge is -2.07. The van der Waals surface area contributed by atoms with Gasteiger partial charge in [-0.15, -0.1) is 0 Å². The summed E-state index contributed by atoms with van der Waals surface area (Å²) < 4.78 is 47.4. The minimum absolute atomic E-state index is 0.0643. The van der Waals surface area contributed by atoms with Crippen LogP contribution < -0.4 is 5.73 Å². The van der Waals surface area contributed by atoms with E-state index in [4.69, 9.17) is 20.5 Å². The summed E-state index contributed by atoms with van der Waals surface area (Å²) in [6.45, 7) is -2.48. The zero-order chi connectivity index (χ0) is 17.7. The fraction of sp³-hybridized carbons (Fsp3) is 0.0833. The quantitative estimate of drug-likeness (QED) is 0.717. The van der Waals surface area contributed by atoms with Gasteiger partial charge in [-0.2, -0.15) is 5.10 Å². The smallest absolute Gasteiger partial charge is 0.261 e. The monoisotopic (exact) mass is 326 g/mol. The van der Waals surface area contributed by atoms with E-state index in [9.17, 15) is 8.42 Å². The van der Waals surface area contributed by atoms with E-state index in [0.717, 1.165) is 6.07 Å². The third kappa shape index (κ3) is 2.32. The molecule has 3 aromatic rings. The standard InChI is InChI=1S/C12H10ClN5O2S/c1-7-2-3-8(21(13,19)20)4-9(7)10-5-15-12-11(14)16-6-17-18(10)12/h2-6H,1H3,(H2,14,16,17)/i1D3. The van der Waals surface area contributed by atoms with Crippen LogP contribution in [0.5, 0.6) is 0 Å². The van der Waals surface area contributed by atoms with Gasteiger partial charge in [0.05, 0.1) is 16.8 Å². The van der Waals surface area contributed by atoms with Gasteiger partial charge in [0.2, 0.25) is 0 Å². The molecule has 108 valence electrons. The van der Waals surface area contributed by atoms with Crippen molar-refractivity contribution in [2.75, 3.05) is 5.73 Å². The van der Waals surface area contributed by atoms with Gasteiger partial charge in [-0.3, -0.25) is 0 Å². The maximum Gasteiger partial charge on any atom is 0.261 e. The van der Waals surface area contributed by atoms with Crippen LogP contribution in [0.2, 0.25) is 0 Å². The first kappa shape index (κ1) is 10.5. The number of hydrogen-bond acceptors (Lipinski definition) is 6. The Balaban J connectivity index is 2.37. The molecular weight excluding hydrogens is 314 g/mol. The summed E-state index contributed by atoms with van der Waals surface area (Å²) in [7, 11) is 1.33. The van der Waals surface area contributed by atoms with E-state index < -0.39 is 15.9 Å². The molecule has 0 aliphatic carbocycles. The molecule has 9 heteroatoms. The third-order valence-electron chi connectivity index (χ3n) is 2.88. The van der Waals surface area contributed by atoms with Crippen LogP contribution in [0.4, 0.5) is 5.82 Å². The van der Waals surface area contributed by atoms with E-state index in [1.807, 2.05) is 0 Å². The Morgan fingerprint density at radius 2 is 2.19 bits per heavy atom. The Kier molecular flexibility index (Phi) is 2.34. The van der Waals surface area contributed by atoms with Crippen LogP contribution in [0.25, 0.3) is 16.9 Å². The van der Waals surface area contributed by atoms with Crippen molar-refractivity contribution in [3.05, 3.63) is 36.3 Å². The molecule has 0 aliphatic heterocycles. The first-order valence-electron chi connectivity index (χ1n) is 7.13. The van der Waals surface area contributed by atoms with Gasteiger partial charge < -0.3 is 5.73 Å². The predicted molar refractivity (Wildman–Crippen MR) is 78.4 cm³/mol. The maximum atomic E-state index is 11.6. The number of hydrogen-bond donors (Lipinski definition) is 1. The molecule has 3 rings (SSSR count). The lowest BCUT2D eigenvalue weighted by molar-refractivity contribution is 0.609. The molecule has 2 N–H and O–H groups in total. The van der Waals surface area contributed by atoms with Gasteiger partial charge >= 0.3 is 0 Å². The zero-order valence-corrected chi connectivity index (χ0v) is 11.9. The summed E-state index contributed by atoms with van der Waals surface area (Å²) in [5, 5.41) is 3.99. The molecular formula is C12H10ClN5O2S. The van der Waals surface area contributed by atoms with Crippen LogP contribution in [0.1, 0.15) is 9.68 Å². The summed E-state index contributed by atoms with van der Waals surface area (Å²) in [6.07, 6.45) is 2.53. The van der Waals surface area contributed by atoms with Crippen LogP contribution in [-0.4, -0.2) is 28.0 Å². The molecule has 0 aliphatic rings. The largest absolute Gasteiger partial charge is 0.381 e. The molecule has 0 bridgehead atoms. The summed E-state index contributed by atoms with van der Waals surface area (Å²) in [4.78, 5) is 7.62. The first-order chi connectivity index (χ1) is 11.1. The molecule has 2 aromatic heterocycles. The number of aromatic nitrogens is 4. The number of benzene rings is 1. The fourth-order valence-electron chi connectivity index (χ4n) is 1.91. The van der Waals surface area contributed by atoms with Crippen molar-refractivity contribution >= 4 is 31.2 Å². The highest BCUT2D eigenvalue weighted by atomic mass is 35.7. The van der Waals surface area contributed by atoms with Crippen LogP contribution in [0.15, 0.2) is 35.6 Å². The molecule has 2 heterocycles. The van der Waals surface area contributed by atoms with Crippen molar-refractivity contribution in [3.8, 4) is 11.3 Å². The number of imidazole rings is 1. The number of nitrogens with zero attached hydrogens (tertiary/aromatic N) is 4. The Morgan fingerprint density at radius 3 is 2.90 bits per heavy atom. The molecule has 0 fully saturated rings. The first-order valence-corrected chi connectivity index (χ1v) is 7.94. The molecule has 0 atom stereocenters. The normalized spacial score (nSPS) is 14.6. The molecule has 7 nitrogen and oxygen atoms in total. The molecule has 21 heavy (non-hydrogen) atoms. The Labute approximate surface area is 129 Å². The van der Waals surface area contributed by atoms with E-state index in [1.54, 1.807) is 0 Å². The van der Waals surface area contributed by atoms with E-state index in [2.05, 4.69) is 15.1 Å². The number of fused-ring (bicyclic) bond motifs is 1. The van der Waals surface area contributed by atoms with Gasteiger partial charge in [0.15, 0.2) is 11.5 Å². The van der Waals surface area contributed by atoms with Crippen molar-refractivity contribution in [2.24, 2.45) is 0 Å². The van der Waals surface area contributed by atoms with Crippen molar-refractivity contribution < 1.29 is 12.5 Å². The maximum absolute atomic E-state index is 11.6. The van der Waals surface area contributed by atoms with Gasteiger partial charge in [0.25, 0.3) is 9.05 Å². The minimum atomic E-state index is -4.04. The van der Waals surface area contributed by atoms with Gasteiger partial charge in [-0.1, -0.05) is 6.07 Å². The molecule has 0 saturated carbocycles. The average molecular weight is 327 g/mol. The third-order valence-corrected chi connectivity index (χ3v) is 4.23. The lowest BCUT2D eigenvalue weighted by atomic mass is 10.1. The summed E-state index contributed by atoms with van der Waals surface area (Å²) in [5.74, 6) is 0.104. The predicted octanol–water partition coefficient (Wildman–Crippen LogP) is 1.61.